The van der Waals surface area contributed by atoms with E-state index >= 15 is 0 Å². The summed E-state index contributed by atoms with van der Waals surface area (Å²) < 4.78 is 5.00. The number of para-hydroxylation sites is 1. The lowest BCUT2D eigenvalue weighted by Crippen LogP contribution is -2.02. The fourth-order valence-electron chi connectivity index (χ4n) is 0.640. The predicted molar refractivity (Wildman–Crippen MR) is 42.5 cm³/mol. The van der Waals surface area contributed by atoms with Gasteiger partial charge in [-0.15, -0.1) is 0 Å². The van der Waals surface area contributed by atoms with Crippen molar-refractivity contribution in [3.8, 4) is 5.75 Å². The van der Waals surface area contributed by atoms with Gasteiger partial charge in [0.25, 0.3) is 0 Å². The first-order valence-electron chi connectivity index (χ1n) is 2.96. The van der Waals surface area contributed by atoms with E-state index in [-0.39, 0.29) is 7.31 Å². The van der Waals surface area contributed by atoms with Gasteiger partial charge in [0.2, 0.25) is 0 Å². The molecule has 2 heteroatoms. The van der Waals surface area contributed by atoms with Crippen LogP contribution in [-0.4, -0.2) is 0 Å². The minimum Gasteiger partial charge on any atom is -0.442 e. The molecule has 0 bridgehead atoms. The molecule has 1 aromatic carbocycles. The van der Waals surface area contributed by atoms with Crippen molar-refractivity contribution < 1.29 is 6.16 Å². The summed E-state index contributed by atoms with van der Waals surface area (Å²) in [5, 5.41) is 0. The van der Waals surface area contributed by atoms with Gasteiger partial charge in [-0.2, -0.15) is 0 Å². The van der Waals surface area contributed by atoms with Crippen molar-refractivity contribution in [3.05, 3.63) is 42.8 Å². The number of rotatable bonds is 2. The normalized spacial score (nSPS) is 8.80. The van der Waals surface area contributed by atoms with Crippen molar-refractivity contribution in [2.75, 3.05) is 0 Å². The van der Waals surface area contributed by atoms with Crippen LogP contribution in [0, 0.1) is 0 Å². The number of hydrogen-bond donors (Lipinski definition) is 1. The van der Waals surface area contributed by atoms with Crippen molar-refractivity contribution in [1.82, 2.24) is 0 Å². The van der Waals surface area contributed by atoms with Gasteiger partial charge >= 0.3 is 0 Å². The first kappa shape index (κ1) is 6.68. The van der Waals surface area contributed by atoms with Crippen molar-refractivity contribution in [2.45, 2.75) is 0 Å². The highest BCUT2D eigenvalue weighted by Gasteiger charge is 1.88. The Balaban J connectivity index is 0.000001000. The van der Waals surface area contributed by atoms with Gasteiger partial charge in [-0.1, -0.05) is 18.2 Å². The van der Waals surface area contributed by atoms with Crippen molar-refractivity contribution in [1.29, 1.82) is 0 Å². The molecule has 2 nitrogen and oxygen atoms in total. The van der Waals surface area contributed by atoms with Crippen LogP contribution in [-0.2, 0) is 0 Å². The van der Waals surface area contributed by atoms with Crippen LogP contribution in [0.3, 0.4) is 0 Å². The van der Waals surface area contributed by atoms with Gasteiger partial charge in [-0.05, 0) is 18.7 Å². The Bertz CT molecular complexity index is 223. The van der Waals surface area contributed by atoms with Crippen LogP contribution in [0.2, 0.25) is 0 Å². The van der Waals surface area contributed by atoms with E-state index < -0.39 is 0 Å². The first-order valence-corrected chi connectivity index (χ1v) is 2.96. The number of ether oxygens (including phenoxy) is 1. The van der Waals surface area contributed by atoms with Crippen molar-refractivity contribution in [2.24, 2.45) is 5.73 Å². The van der Waals surface area contributed by atoms with E-state index in [0.717, 1.165) is 5.75 Å². The molecule has 0 unspecified atom stereocenters. The summed E-state index contributed by atoms with van der Waals surface area (Å²) in [6.45, 7) is 3.41. The highest BCUT2D eigenvalue weighted by atomic mass is 16.5. The molecule has 10 heavy (non-hydrogen) atoms. The van der Waals surface area contributed by atoms with E-state index in [9.17, 15) is 0 Å². The zero-order chi connectivity index (χ0) is 7.40. The lowest BCUT2D eigenvalue weighted by atomic mass is 10.3. The Morgan fingerprint density at radius 1 is 1.40 bits per heavy atom. The van der Waals surface area contributed by atoms with E-state index in [2.05, 4.69) is 6.58 Å². The molecule has 0 aliphatic heterocycles. The SMILES string of the molecule is C=C(N)Oc1ccccc1.[HH]. The third-order valence-corrected chi connectivity index (χ3v) is 0.992. The third kappa shape index (κ3) is 1.82. The average Bonchev–Trinajstić information content (AvgIpc) is 1.88. The maximum absolute atomic E-state index is 5.21. The standard InChI is InChI=1S/C8H9NO.H2/c1-7(9)10-8-5-3-2-4-6-8;/h2-6H,1,9H2;1H. The fraction of sp³-hybridized carbons (Fsp3) is 0. The molecule has 0 fully saturated rings. The second-order valence-corrected chi connectivity index (χ2v) is 1.88. The summed E-state index contributed by atoms with van der Waals surface area (Å²) in [6, 6.07) is 9.29. The third-order valence-electron chi connectivity index (χ3n) is 0.992. The van der Waals surface area contributed by atoms with Crippen molar-refractivity contribution in [3.63, 3.8) is 0 Å². The zero-order valence-electron chi connectivity index (χ0n) is 5.58. The van der Waals surface area contributed by atoms with Gasteiger partial charge in [0.15, 0.2) is 5.88 Å². The number of nitrogens with two attached hydrogens (primary N) is 1. The minimum atomic E-state index is 0. The van der Waals surface area contributed by atoms with E-state index in [4.69, 9.17) is 10.5 Å². The Kier molecular flexibility index (Phi) is 1.95. The molecular weight excluding hydrogens is 126 g/mol. The molecule has 1 rings (SSSR count). The van der Waals surface area contributed by atoms with Crippen LogP contribution in [0.1, 0.15) is 1.43 Å². The second-order valence-electron chi connectivity index (χ2n) is 1.88. The Morgan fingerprint density at radius 3 is 2.50 bits per heavy atom. The largest absolute Gasteiger partial charge is 0.442 e. The minimum absolute atomic E-state index is 0. The summed E-state index contributed by atoms with van der Waals surface area (Å²) in [5.41, 5.74) is 5.21. The monoisotopic (exact) mass is 137 g/mol. The summed E-state index contributed by atoms with van der Waals surface area (Å²) in [7, 11) is 0. The molecule has 0 heterocycles. The van der Waals surface area contributed by atoms with Gasteiger partial charge in [-0.25, -0.2) is 0 Å². The molecule has 0 aliphatic carbocycles. The van der Waals surface area contributed by atoms with Crippen LogP contribution >= 0.6 is 0 Å². The maximum Gasteiger partial charge on any atom is 0.183 e. The predicted octanol–water partition coefficient (Wildman–Crippen LogP) is 1.74. The van der Waals surface area contributed by atoms with Gasteiger partial charge in [-0.3, -0.25) is 0 Å². The van der Waals surface area contributed by atoms with Gasteiger partial charge in [0, 0.05) is 1.43 Å². The van der Waals surface area contributed by atoms with E-state index in [1.807, 2.05) is 30.3 Å². The van der Waals surface area contributed by atoms with Crippen LogP contribution in [0.5, 0.6) is 5.75 Å². The molecule has 0 aliphatic rings. The van der Waals surface area contributed by atoms with Crippen molar-refractivity contribution >= 4 is 0 Å². The summed E-state index contributed by atoms with van der Waals surface area (Å²) >= 11 is 0. The number of hydrogen-bond acceptors (Lipinski definition) is 2. The molecule has 0 aromatic heterocycles. The molecular formula is C8H11NO. The Hall–Kier alpha value is -1.44. The first-order chi connectivity index (χ1) is 4.79. The summed E-state index contributed by atoms with van der Waals surface area (Å²) in [6.07, 6.45) is 0. The quantitative estimate of drug-likeness (QED) is 0.630. The topological polar surface area (TPSA) is 35.2 Å². The van der Waals surface area contributed by atoms with Gasteiger partial charge < -0.3 is 10.5 Å². The highest BCUT2D eigenvalue weighted by Crippen LogP contribution is 2.08. The molecule has 0 atom stereocenters. The van der Waals surface area contributed by atoms with E-state index in [0.29, 0.717) is 0 Å². The fourth-order valence-corrected chi connectivity index (χ4v) is 0.640. The van der Waals surface area contributed by atoms with Crippen LogP contribution in [0.25, 0.3) is 0 Å². The number of benzene rings is 1. The summed E-state index contributed by atoms with van der Waals surface area (Å²) in [5.74, 6) is 0.932. The average molecular weight is 137 g/mol. The van der Waals surface area contributed by atoms with Crippen LogP contribution < -0.4 is 10.5 Å². The zero-order valence-corrected chi connectivity index (χ0v) is 5.58. The molecule has 54 valence electrons. The van der Waals surface area contributed by atoms with Gasteiger partial charge in [0.1, 0.15) is 5.75 Å². The molecule has 0 amide bonds. The highest BCUT2D eigenvalue weighted by molar-refractivity contribution is 5.22. The molecule has 2 N–H and O–H groups in total. The summed E-state index contributed by atoms with van der Waals surface area (Å²) in [4.78, 5) is 0. The molecule has 0 saturated heterocycles. The second kappa shape index (κ2) is 2.92. The lowest BCUT2D eigenvalue weighted by molar-refractivity contribution is 0.422. The maximum atomic E-state index is 5.21. The lowest BCUT2D eigenvalue weighted by Gasteiger charge is -2.01. The Labute approximate surface area is 61.4 Å². The smallest absolute Gasteiger partial charge is 0.183 e. The van der Waals surface area contributed by atoms with E-state index in [1.54, 1.807) is 0 Å². The molecule has 1 aromatic rings. The molecule has 0 radical (unpaired) electrons. The molecule has 0 saturated carbocycles. The Morgan fingerprint density at radius 2 is 2.00 bits per heavy atom. The molecule has 0 spiro atoms. The van der Waals surface area contributed by atoms with Crippen LogP contribution in [0.4, 0.5) is 0 Å². The van der Waals surface area contributed by atoms with Gasteiger partial charge in [0.05, 0.1) is 0 Å². The van der Waals surface area contributed by atoms with E-state index in [1.165, 1.54) is 0 Å². The van der Waals surface area contributed by atoms with Crippen LogP contribution in [0.15, 0.2) is 42.8 Å².